The summed E-state index contributed by atoms with van der Waals surface area (Å²) in [4.78, 5) is 16.2. The van der Waals surface area contributed by atoms with Crippen molar-refractivity contribution in [2.45, 2.75) is 12.0 Å². The Labute approximate surface area is 110 Å². The summed E-state index contributed by atoms with van der Waals surface area (Å²) in [6, 6.07) is 5.40. The van der Waals surface area contributed by atoms with Gasteiger partial charge in [-0.2, -0.15) is 0 Å². The maximum absolute atomic E-state index is 12.2. The second-order valence-corrected chi connectivity index (χ2v) is 4.58. The molecule has 0 bridgehead atoms. The van der Waals surface area contributed by atoms with Crippen LogP contribution in [0.1, 0.15) is 22.5 Å². The van der Waals surface area contributed by atoms with Gasteiger partial charge in [0, 0.05) is 25.0 Å². The van der Waals surface area contributed by atoms with Crippen molar-refractivity contribution in [1.82, 2.24) is 20.8 Å². The van der Waals surface area contributed by atoms with Crippen LogP contribution in [0.3, 0.4) is 0 Å². The van der Waals surface area contributed by atoms with E-state index in [-0.39, 0.29) is 11.7 Å². The Morgan fingerprint density at radius 2 is 2.16 bits per heavy atom. The highest BCUT2D eigenvalue weighted by molar-refractivity contribution is 5.91. The second kappa shape index (κ2) is 4.81. The summed E-state index contributed by atoms with van der Waals surface area (Å²) in [5.41, 5.74) is 0.632. The van der Waals surface area contributed by atoms with Crippen molar-refractivity contribution in [2.75, 3.05) is 13.1 Å². The van der Waals surface area contributed by atoms with Crippen LogP contribution in [0.15, 0.2) is 41.3 Å². The van der Waals surface area contributed by atoms with Crippen molar-refractivity contribution in [3.63, 3.8) is 0 Å². The average molecular weight is 258 g/mol. The van der Waals surface area contributed by atoms with Gasteiger partial charge in [-0.25, -0.2) is 0 Å². The molecule has 3 rings (SSSR count). The fourth-order valence-corrected chi connectivity index (χ4v) is 2.40. The van der Waals surface area contributed by atoms with E-state index in [1.807, 2.05) is 12.1 Å². The van der Waals surface area contributed by atoms with E-state index in [4.69, 9.17) is 4.52 Å². The minimum Gasteiger partial charge on any atom is -0.351 e. The van der Waals surface area contributed by atoms with Crippen molar-refractivity contribution < 1.29 is 9.32 Å². The highest BCUT2D eigenvalue weighted by atomic mass is 16.5. The van der Waals surface area contributed by atoms with Gasteiger partial charge in [-0.1, -0.05) is 5.16 Å². The largest absolute Gasteiger partial charge is 0.351 e. The first-order chi connectivity index (χ1) is 9.30. The molecule has 2 aromatic heterocycles. The van der Waals surface area contributed by atoms with Crippen LogP contribution in [0, 0.1) is 0 Å². The van der Waals surface area contributed by atoms with Gasteiger partial charge in [0.05, 0.1) is 11.7 Å². The van der Waals surface area contributed by atoms with Crippen LogP contribution >= 0.6 is 0 Å². The molecular weight excluding hydrogens is 244 g/mol. The van der Waals surface area contributed by atoms with Crippen LogP contribution in [0.5, 0.6) is 0 Å². The number of pyridine rings is 1. The van der Waals surface area contributed by atoms with Gasteiger partial charge in [0.1, 0.15) is 0 Å². The Hall–Kier alpha value is -2.21. The summed E-state index contributed by atoms with van der Waals surface area (Å²) >= 11 is 0. The van der Waals surface area contributed by atoms with Gasteiger partial charge >= 0.3 is 0 Å². The number of hydrogen-bond donors (Lipinski definition) is 2. The van der Waals surface area contributed by atoms with Crippen LogP contribution < -0.4 is 10.6 Å². The standard InChI is InChI=1S/C13H14N4O2/c18-12(11-3-7-16-19-11)17-13(4-8-15-9-13)10-1-5-14-6-2-10/h1-3,5-7,15H,4,8-9H2,(H,17,18)/t13-/m0/s1. The maximum atomic E-state index is 12.2. The van der Waals surface area contributed by atoms with Crippen molar-refractivity contribution in [2.24, 2.45) is 0 Å². The molecule has 1 aliphatic rings. The van der Waals surface area contributed by atoms with Crippen LogP contribution in [-0.2, 0) is 5.54 Å². The molecule has 2 aromatic rings. The molecule has 1 fully saturated rings. The Morgan fingerprint density at radius 3 is 2.79 bits per heavy atom. The van der Waals surface area contributed by atoms with Gasteiger partial charge in [0.15, 0.2) is 0 Å². The SMILES string of the molecule is O=C(N[C@@]1(c2ccncc2)CCNC1)c1ccno1. The monoisotopic (exact) mass is 258 g/mol. The summed E-state index contributed by atoms with van der Waals surface area (Å²) in [5, 5.41) is 9.88. The molecule has 19 heavy (non-hydrogen) atoms. The quantitative estimate of drug-likeness (QED) is 0.846. The first kappa shape index (κ1) is 11.9. The van der Waals surface area contributed by atoms with Crippen LogP contribution in [0.4, 0.5) is 0 Å². The number of aromatic nitrogens is 2. The van der Waals surface area contributed by atoms with E-state index in [1.54, 1.807) is 18.5 Å². The lowest BCUT2D eigenvalue weighted by molar-refractivity contribution is 0.0866. The summed E-state index contributed by atoms with van der Waals surface area (Å²) < 4.78 is 4.89. The molecule has 6 heteroatoms. The Balaban J connectivity index is 1.88. The maximum Gasteiger partial charge on any atom is 0.290 e. The molecule has 6 nitrogen and oxygen atoms in total. The molecule has 0 aliphatic carbocycles. The molecule has 0 unspecified atom stereocenters. The number of amides is 1. The van der Waals surface area contributed by atoms with E-state index >= 15 is 0 Å². The molecule has 98 valence electrons. The highest BCUT2D eigenvalue weighted by Gasteiger charge is 2.37. The van der Waals surface area contributed by atoms with Gasteiger partial charge in [0.2, 0.25) is 5.76 Å². The number of nitrogens with one attached hydrogen (secondary N) is 2. The summed E-state index contributed by atoms with van der Waals surface area (Å²) in [6.45, 7) is 1.55. The van der Waals surface area contributed by atoms with Gasteiger partial charge in [-0.15, -0.1) is 0 Å². The minimum absolute atomic E-state index is 0.223. The lowest BCUT2D eigenvalue weighted by Crippen LogP contribution is -2.47. The number of rotatable bonds is 3. The van der Waals surface area contributed by atoms with Crippen LogP contribution in [-0.4, -0.2) is 29.1 Å². The first-order valence-corrected chi connectivity index (χ1v) is 6.15. The first-order valence-electron chi connectivity index (χ1n) is 6.15. The molecule has 0 aromatic carbocycles. The van der Waals surface area contributed by atoms with Crippen molar-refractivity contribution in [3.05, 3.63) is 48.1 Å². The zero-order chi connectivity index (χ0) is 13.1. The molecule has 1 aliphatic heterocycles. The van der Waals surface area contributed by atoms with Gasteiger partial charge in [-0.3, -0.25) is 9.78 Å². The minimum atomic E-state index is -0.410. The lowest BCUT2D eigenvalue weighted by atomic mass is 9.89. The molecule has 3 heterocycles. The molecule has 1 amide bonds. The fraction of sp³-hybridized carbons (Fsp3) is 0.308. The topological polar surface area (TPSA) is 80.0 Å². The number of nitrogens with zero attached hydrogens (tertiary/aromatic N) is 2. The number of carbonyl (C=O) groups excluding carboxylic acids is 1. The van der Waals surface area contributed by atoms with Crippen LogP contribution in [0.2, 0.25) is 0 Å². The third-order valence-corrected chi connectivity index (χ3v) is 3.40. The molecule has 0 saturated carbocycles. The summed E-state index contributed by atoms with van der Waals surface area (Å²) in [7, 11) is 0. The predicted octanol–water partition coefficient (Wildman–Crippen LogP) is 0.688. The number of hydrogen-bond acceptors (Lipinski definition) is 5. The van der Waals surface area contributed by atoms with Gasteiger partial charge in [-0.05, 0) is 30.7 Å². The van der Waals surface area contributed by atoms with E-state index in [1.165, 1.54) is 6.20 Å². The average Bonchev–Trinajstić information content (AvgIpc) is 3.11. The molecule has 1 saturated heterocycles. The molecule has 0 radical (unpaired) electrons. The zero-order valence-corrected chi connectivity index (χ0v) is 10.3. The number of carbonyl (C=O) groups is 1. The Morgan fingerprint density at radius 1 is 1.32 bits per heavy atom. The molecular formula is C13H14N4O2. The second-order valence-electron chi connectivity index (χ2n) is 4.58. The summed E-state index contributed by atoms with van der Waals surface area (Å²) in [5.74, 6) is -0.0293. The summed E-state index contributed by atoms with van der Waals surface area (Å²) in [6.07, 6.45) is 5.75. The van der Waals surface area contributed by atoms with E-state index < -0.39 is 5.54 Å². The molecule has 2 N–H and O–H groups in total. The Bertz CT molecular complexity index is 547. The van der Waals surface area contributed by atoms with E-state index in [0.717, 1.165) is 18.5 Å². The molecule has 0 spiro atoms. The molecule has 1 atom stereocenters. The fourth-order valence-electron chi connectivity index (χ4n) is 2.40. The lowest BCUT2D eigenvalue weighted by Gasteiger charge is -2.29. The highest BCUT2D eigenvalue weighted by Crippen LogP contribution is 2.27. The van der Waals surface area contributed by atoms with Crippen molar-refractivity contribution >= 4 is 5.91 Å². The van der Waals surface area contributed by atoms with Crippen molar-refractivity contribution in [1.29, 1.82) is 0 Å². The van der Waals surface area contributed by atoms with Gasteiger partial charge < -0.3 is 15.2 Å². The van der Waals surface area contributed by atoms with E-state index in [0.29, 0.717) is 6.54 Å². The third-order valence-electron chi connectivity index (χ3n) is 3.40. The van der Waals surface area contributed by atoms with E-state index in [2.05, 4.69) is 20.8 Å². The smallest absolute Gasteiger partial charge is 0.290 e. The predicted molar refractivity (Wildman–Crippen MR) is 67.4 cm³/mol. The van der Waals surface area contributed by atoms with E-state index in [9.17, 15) is 4.79 Å². The third kappa shape index (κ3) is 2.22. The van der Waals surface area contributed by atoms with Crippen LogP contribution in [0.25, 0.3) is 0 Å². The normalized spacial score (nSPS) is 22.3. The zero-order valence-electron chi connectivity index (χ0n) is 10.3. The Kier molecular flexibility index (Phi) is 3.00. The van der Waals surface area contributed by atoms with Crippen molar-refractivity contribution in [3.8, 4) is 0 Å². The van der Waals surface area contributed by atoms with Gasteiger partial charge in [0.25, 0.3) is 5.91 Å².